The van der Waals surface area contributed by atoms with Crippen molar-refractivity contribution in [3.05, 3.63) is 42.5 Å². The van der Waals surface area contributed by atoms with E-state index in [9.17, 15) is 13.2 Å². The maximum Gasteiger partial charge on any atom is 0.243 e. The molecule has 0 aliphatic heterocycles. The van der Waals surface area contributed by atoms with Crippen molar-refractivity contribution in [2.45, 2.75) is 6.54 Å². The minimum Gasteiger partial charge on any atom is -0.348 e. The van der Waals surface area contributed by atoms with Crippen LogP contribution in [0.3, 0.4) is 0 Å². The third-order valence-corrected chi connectivity index (χ3v) is 3.66. The van der Waals surface area contributed by atoms with E-state index in [0.717, 1.165) is 11.8 Å². The van der Waals surface area contributed by atoms with Crippen LogP contribution in [0.15, 0.2) is 36.9 Å². The maximum atomic E-state index is 11.3. The molecule has 98 valence electrons. The van der Waals surface area contributed by atoms with E-state index >= 15 is 0 Å². The first-order chi connectivity index (χ1) is 8.34. The van der Waals surface area contributed by atoms with E-state index in [2.05, 4.69) is 11.9 Å². The molecule has 18 heavy (non-hydrogen) atoms. The van der Waals surface area contributed by atoms with Gasteiger partial charge in [-0.3, -0.25) is 9.10 Å². The Balaban J connectivity index is 2.74. The van der Waals surface area contributed by atoms with Crippen molar-refractivity contribution in [1.82, 2.24) is 5.32 Å². The molecule has 6 heteroatoms. The SMILES string of the molecule is C=CC(=O)NCc1ccc(N(C)S(C)(=O)=O)cc1. The van der Waals surface area contributed by atoms with Crippen molar-refractivity contribution in [1.29, 1.82) is 0 Å². The fourth-order valence-electron chi connectivity index (χ4n) is 1.28. The van der Waals surface area contributed by atoms with Crippen molar-refractivity contribution in [2.24, 2.45) is 0 Å². The first-order valence-electron chi connectivity index (χ1n) is 5.27. The van der Waals surface area contributed by atoms with Gasteiger partial charge in [-0.2, -0.15) is 0 Å². The minimum absolute atomic E-state index is 0.243. The van der Waals surface area contributed by atoms with E-state index in [1.54, 1.807) is 24.3 Å². The van der Waals surface area contributed by atoms with Gasteiger partial charge in [0.1, 0.15) is 0 Å². The summed E-state index contributed by atoms with van der Waals surface area (Å²) in [5.74, 6) is -0.243. The molecule has 0 atom stereocenters. The number of hydrogen-bond acceptors (Lipinski definition) is 3. The lowest BCUT2D eigenvalue weighted by Gasteiger charge is -2.16. The van der Waals surface area contributed by atoms with Crippen LogP contribution in [0.25, 0.3) is 0 Å². The molecule has 0 saturated heterocycles. The van der Waals surface area contributed by atoms with Crippen LogP contribution in [0.1, 0.15) is 5.56 Å². The fraction of sp³-hybridized carbons (Fsp3) is 0.250. The second kappa shape index (κ2) is 5.68. The summed E-state index contributed by atoms with van der Waals surface area (Å²) in [6.45, 7) is 3.73. The highest BCUT2D eigenvalue weighted by Crippen LogP contribution is 2.16. The van der Waals surface area contributed by atoms with E-state index in [0.29, 0.717) is 12.2 Å². The highest BCUT2D eigenvalue weighted by molar-refractivity contribution is 7.92. The fourth-order valence-corrected chi connectivity index (χ4v) is 1.78. The van der Waals surface area contributed by atoms with Crippen molar-refractivity contribution < 1.29 is 13.2 Å². The third-order valence-electron chi connectivity index (χ3n) is 2.45. The summed E-state index contributed by atoms with van der Waals surface area (Å²) in [6.07, 6.45) is 2.34. The third kappa shape index (κ3) is 3.89. The molecule has 0 saturated carbocycles. The Bertz CT molecular complexity index is 535. The van der Waals surface area contributed by atoms with E-state index in [-0.39, 0.29) is 5.91 Å². The van der Waals surface area contributed by atoms with Crippen molar-refractivity contribution in [3.8, 4) is 0 Å². The second-order valence-corrected chi connectivity index (χ2v) is 5.83. The Kier molecular flexibility index (Phi) is 4.49. The number of rotatable bonds is 5. The number of carbonyl (C=O) groups is 1. The number of nitrogens with one attached hydrogen (secondary N) is 1. The van der Waals surface area contributed by atoms with Gasteiger partial charge in [-0.25, -0.2) is 8.42 Å². The van der Waals surface area contributed by atoms with Gasteiger partial charge in [0.2, 0.25) is 15.9 Å². The molecular weight excluding hydrogens is 252 g/mol. The van der Waals surface area contributed by atoms with Gasteiger partial charge < -0.3 is 5.32 Å². The minimum atomic E-state index is -3.25. The molecule has 1 N–H and O–H groups in total. The Morgan fingerprint density at radius 3 is 2.39 bits per heavy atom. The second-order valence-electron chi connectivity index (χ2n) is 3.82. The summed E-state index contributed by atoms with van der Waals surface area (Å²) >= 11 is 0. The van der Waals surface area contributed by atoms with Gasteiger partial charge in [-0.05, 0) is 23.8 Å². The van der Waals surface area contributed by atoms with Crippen LogP contribution in [-0.2, 0) is 21.4 Å². The Morgan fingerprint density at radius 2 is 1.94 bits per heavy atom. The average Bonchev–Trinajstić information content (AvgIpc) is 2.34. The molecule has 0 aromatic heterocycles. The first-order valence-corrected chi connectivity index (χ1v) is 7.12. The van der Waals surface area contributed by atoms with E-state index in [1.807, 2.05) is 0 Å². The number of anilines is 1. The largest absolute Gasteiger partial charge is 0.348 e. The van der Waals surface area contributed by atoms with E-state index in [4.69, 9.17) is 0 Å². The molecule has 0 spiro atoms. The monoisotopic (exact) mass is 268 g/mol. The summed E-state index contributed by atoms with van der Waals surface area (Å²) in [7, 11) is -1.76. The van der Waals surface area contributed by atoms with Crippen LogP contribution < -0.4 is 9.62 Å². The molecule has 0 aliphatic rings. The molecule has 1 aromatic carbocycles. The summed E-state index contributed by atoms with van der Waals surface area (Å²) < 4.78 is 23.9. The predicted octanol–water partition coefficient (Wildman–Crippen LogP) is 0.885. The Hall–Kier alpha value is -1.82. The summed E-state index contributed by atoms with van der Waals surface area (Å²) in [6, 6.07) is 6.91. The lowest BCUT2D eigenvalue weighted by atomic mass is 10.2. The molecule has 1 amide bonds. The first kappa shape index (κ1) is 14.2. The lowest BCUT2D eigenvalue weighted by Crippen LogP contribution is -2.24. The number of sulfonamides is 1. The van der Waals surface area contributed by atoms with E-state index in [1.165, 1.54) is 17.4 Å². The van der Waals surface area contributed by atoms with Crippen LogP contribution in [0, 0.1) is 0 Å². The number of hydrogen-bond donors (Lipinski definition) is 1. The van der Waals surface area contributed by atoms with Crippen LogP contribution in [-0.4, -0.2) is 27.6 Å². The average molecular weight is 268 g/mol. The molecule has 1 rings (SSSR count). The smallest absolute Gasteiger partial charge is 0.243 e. The highest BCUT2D eigenvalue weighted by atomic mass is 32.2. The number of amides is 1. The van der Waals surface area contributed by atoms with Crippen molar-refractivity contribution in [3.63, 3.8) is 0 Å². The van der Waals surface area contributed by atoms with Gasteiger partial charge >= 0.3 is 0 Å². The molecule has 0 unspecified atom stereocenters. The summed E-state index contributed by atoms with van der Waals surface area (Å²) in [5, 5.41) is 2.64. The van der Waals surface area contributed by atoms with Crippen molar-refractivity contribution in [2.75, 3.05) is 17.6 Å². The molecule has 0 aliphatic carbocycles. The maximum absolute atomic E-state index is 11.3. The Morgan fingerprint density at radius 1 is 1.39 bits per heavy atom. The topological polar surface area (TPSA) is 66.5 Å². The van der Waals surface area contributed by atoms with Crippen LogP contribution in [0.5, 0.6) is 0 Å². The molecule has 0 radical (unpaired) electrons. The standard InChI is InChI=1S/C12H16N2O3S/c1-4-12(15)13-9-10-5-7-11(8-6-10)14(2)18(3,16)17/h4-8H,1,9H2,2-3H3,(H,13,15). The molecule has 1 aromatic rings. The molecule has 0 heterocycles. The van der Waals surface area contributed by atoms with Crippen LogP contribution in [0.4, 0.5) is 5.69 Å². The molecule has 0 fully saturated rings. The Labute approximate surface area is 107 Å². The zero-order valence-corrected chi connectivity index (χ0v) is 11.2. The van der Waals surface area contributed by atoms with Crippen molar-refractivity contribution >= 4 is 21.6 Å². The van der Waals surface area contributed by atoms with Crippen LogP contribution in [0.2, 0.25) is 0 Å². The normalized spacial score (nSPS) is 10.8. The predicted molar refractivity (Wildman–Crippen MR) is 71.7 cm³/mol. The van der Waals surface area contributed by atoms with Gasteiger partial charge in [-0.15, -0.1) is 0 Å². The highest BCUT2D eigenvalue weighted by Gasteiger charge is 2.11. The lowest BCUT2D eigenvalue weighted by molar-refractivity contribution is -0.116. The molecule has 5 nitrogen and oxygen atoms in total. The van der Waals surface area contributed by atoms with Crippen LogP contribution >= 0.6 is 0 Å². The van der Waals surface area contributed by atoms with Gasteiger partial charge in [0, 0.05) is 13.6 Å². The van der Waals surface area contributed by atoms with Gasteiger partial charge in [0.15, 0.2) is 0 Å². The zero-order valence-electron chi connectivity index (χ0n) is 10.4. The van der Waals surface area contributed by atoms with Gasteiger partial charge in [0.25, 0.3) is 0 Å². The number of carbonyl (C=O) groups excluding carboxylic acids is 1. The summed E-state index contributed by atoms with van der Waals surface area (Å²) in [4.78, 5) is 11.0. The zero-order chi connectivity index (χ0) is 13.8. The molecule has 0 bridgehead atoms. The number of nitrogens with zero attached hydrogens (tertiary/aromatic N) is 1. The van der Waals surface area contributed by atoms with E-state index < -0.39 is 10.0 Å². The summed E-state index contributed by atoms with van der Waals surface area (Å²) in [5.41, 5.74) is 1.46. The molecular formula is C12H16N2O3S. The number of benzene rings is 1. The van der Waals surface area contributed by atoms with Gasteiger partial charge in [-0.1, -0.05) is 18.7 Å². The van der Waals surface area contributed by atoms with Gasteiger partial charge in [0.05, 0.1) is 11.9 Å². The quantitative estimate of drug-likeness (QED) is 0.806.